The van der Waals surface area contributed by atoms with Crippen LogP contribution in [0.3, 0.4) is 0 Å². The van der Waals surface area contributed by atoms with Gasteiger partial charge in [-0.2, -0.15) is 13.9 Å². The van der Waals surface area contributed by atoms with Gasteiger partial charge in [0.25, 0.3) is 5.91 Å². The molecule has 2 aromatic carbocycles. The number of amides is 1. The molecule has 3 rings (SSSR count). The smallest absolute Gasteiger partial charge is 0.387 e. The van der Waals surface area contributed by atoms with Gasteiger partial charge in [0.1, 0.15) is 5.75 Å². The van der Waals surface area contributed by atoms with Gasteiger partial charge in [-0.3, -0.25) is 9.48 Å². The van der Waals surface area contributed by atoms with Crippen molar-refractivity contribution in [2.75, 3.05) is 5.32 Å². The number of alkyl halides is 2. The number of halogens is 4. The first-order valence-electron chi connectivity index (χ1n) is 8.16. The van der Waals surface area contributed by atoms with Gasteiger partial charge in [-0.05, 0) is 42.8 Å². The summed E-state index contributed by atoms with van der Waals surface area (Å²) in [5.74, 6) is -0.245. The molecule has 0 atom stereocenters. The van der Waals surface area contributed by atoms with E-state index >= 15 is 0 Å². The Bertz CT molecular complexity index is 1010. The maximum atomic E-state index is 12.4. The minimum absolute atomic E-state index is 0.0935. The van der Waals surface area contributed by atoms with E-state index in [4.69, 9.17) is 23.2 Å². The summed E-state index contributed by atoms with van der Waals surface area (Å²) in [5.41, 5.74) is 1.89. The SMILES string of the molecule is Cc1cc(NC(=O)c2cccc(OC(F)F)c2)nn1Cc1ccc(Cl)c(Cl)c1. The topological polar surface area (TPSA) is 56.1 Å². The number of aromatic nitrogens is 2. The van der Waals surface area contributed by atoms with E-state index in [1.165, 1.54) is 24.3 Å². The van der Waals surface area contributed by atoms with Gasteiger partial charge in [0.2, 0.25) is 0 Å². The number of carbonyl (C=O) groups excluding carboxylic acids is 1. The van der Waals surface area contributed by atoms with Gasteiger partial charge in [0, 0.05) is 17.3 Å². The molecule has 3 aromatic rings. The largest absolute Gasteiger partial charge is 0.435 e. The summed E-state index contributed by atoms with van der Waals surface area (Å²) in [6.45, 7) is -0.675. The first kappa shape index (κ1) is 20.1. The van der Waals surface area contributed by atoms with Crippen LogP contribution in [-0.4, -0.2) is 22.3 Å². The number of ether oxygens (including phenoxy) is 1. The molecule has 1 heterocycles. The van der Waals surface area contributed by atoms with Crippen molar-refractivity contribution in [3.63, 3.8) is 0 Å². The summed E-state index contributed by atoms with van der Waals surface area (Å²) in [5, 5.41) is 7.91. The number of nitrogens with zero attached hydrogens (tertiary/aromatic N) is 2. The lowest BCUT2D eigenvalue weighted by atomic mass is 10.2. The van der Waals surface area contributed by atoms with Crippen LogP contribution in [0.4, 0.5) is 14.6 Å². The van der Waals surface area contributed by atoms with Crippen LogP contribution in [0.15, 0.2) is 48.5 Å². The summed E-state index contributed by atoms with van der Waals surface area (Å²) in [4.78, 5) is 12.4. The quantitative estimate of drug-likeness (QED) is 0.574. The van der Waals surface area contributed by atoms with Crippen molar-refractivity contribution in [2.45, 2.75) is 20.1 Å². The van der Waals surface area contributed by atoms with E-state index in [-0.39, 0.29) is 11.3 Å². The molecule has 0 aliphatic heterocycles. The molecular formula is C19H15Cl2F2N3O2. The second kappa shape index (κ2) is 8.58. The Morgan fingerprint density at radius 1 is 1.18 bits per heavy atom. The fraction of sp³-hybridized carbons (Fsp3) is 0.158. The van der Waals surface area contributed by atoms with E-state index in [0.29, 0.717) is 22.4 Å². The first-order valence-corrected chi connectivity index (χ1v) is 8.92. The van der Waals surface area contributed by atoms with Crippen LogP contribution in [0.25, 0.3) is 0 Å². The maximum absolute atomic E-state index is 12.4. The molecule has 9 heteroatoms. The molecule has 0 fully saturated rings. The molecule has 146 valence electrons. The highest BCUT2D eigenvalue weighted by Gasteiger charge is 2.13. The Hall–Kier alpha value is -2.64. The minimum Gasteiger partial charge on any atom is -0.435 e. The van der Waals surface area contributed by atoms with Crippen molar-refractivity contribution in [1.29, 1.82) is 0 Å². The number of anilines is 1. The molecular weight excluding hydrogens is 411 g/mol. The van der Waals surface area contributed by atoms with Gasteiger partial charge >= 0.3 is 6.61 Å². The van der Waals surface area contributed by atoms with Crippen molar-refractivity contribution in [3.05, 3.63) is 75.4 Å². The number of nitrogens with one attached hydrogen (secondary N) is 1. The summed E-state index contributed by atoms with van der Waals surface area (Å²) >= 11 is 12.0. The van der Waals surface area contributed by atoms with Crippen LogP contribution in [-0.2, 0) is 6.54 Å². The van der Waals surface area contributed by atoms with Crippen LogP contribution >= 0.6 is 23.2 Å². The molecule has 28 heavy (non-hydrogen) atoms. The van der Waals surface area contributed by atoms with Crippen molar-refractivity contribution < 1.29 is 18.3 Å². The molecule has 1 N–H and O–H groups in total. The third kappa shape index (κ3) is 4.99. The highest BCUT2D eigenvalue weighted by molar-refractivity contribution is 6.42. The van der Waals surface area contributed by atoms with Crippen LogP contribution < -0.4 is 10.1 Å². The lowest BCUT2D eigenvalue weighted by Gasteiger charge is -2.07. The highest BCUT2D eigenvalue weighted by Crippen LogP contribution is 2.23. The standard InChI is InChI=1S/C19H15Cl2F2N3O2/c1-11-7-17(25-26(11)10-12-5-6-15(20)16(21)8-12)24-18(27)13-3-2-4-14(9-13)28-19(22)23/h2-9,19H,10H2,1H3,(H,24,25,27). The second-order valence-corrected chi connectivity index (χ2v) is 6.75. The van der Waals surface area contributed by atoms with E-state index in [1.54, 1.807) is 22.9 Å². The first-order chi connectivity index (χ1) is 13.3. The van der Waals surface area contributed by atoms with Gasteiger partial charge in [-0.1, -0.05) is 35.3 Å². The van der Waals surface area contributed by atoms with Crippen molar-refractivity contribution in [3.8, 4) is 5.75 Å². The average Bonchev–Trinajstić information content (AvgIpc) is 2.97. The van der Waals surface area contributed by atoms with Crippen molar-refractivity contribution in [1.82, 2.24) is 9.78 Å². The van der Waals surface area contributed by atoms with E-state index in [9.17, 15) is 13.6 Å². The normalized spacial score (nSPS) is 10.9. The molecule has 0 unspecified atom stereocenters. The Balaban J connectivity index is 1.72. The minimum atomic E-state index is -2.96. The maximum Gasteiger partial charge on any atom is 0.387 e. The number of carbonyl (C=O) groups is 1. The Morgan fingerprint density at radius 3 is 2.68 bits per heavy atom. The summed E-state index contributed by atoms with van der Waals surface area (Å²) in [6.07, 6.45) is 0. The van der Waals surface area contributed by atoms with Gasteiger partial charge in [0.05, 0.1) is 16.6 Å². The van der Waals surface area contributed by atoms with E-state index < -0.39 is 12.5 Å². The number of hydrogen-bond acceptors (Lipinski definition) is 3. The lowest BCUT2D eigenvalue weighted by Crippen LogP contribution is -2.13. The lowest BCUT2D eigenvalue weighted by molar-refractivity contribution is -0.0498. The van der Waals surface area contributed by atoms with Crippen molar-refractivity contribution >= 4 is 34.9 Å². The van der Waals surface area contributed by atoms with Gasteiger partial charge in [0.15, 0.2) is 5.82 Å². The Labute approximate surface area is 169 Å². The zero-order chi connectivity index (χ0) is 20.3. The molecule has 0 aliphatic rings. The van der Waals surface area contributed by atoms with E-state index in [0.717, 1.165) is 11.3 Å². The van der Waals surface area contributed by atoms with E-state index in [1.807, 2.05) is 13.0 Å². The number of benzene rings is 2. The van der Waals surface area contributed by atoms with Crippen LogP contribution in [0.2, 0.25) is 10.0 Å². The van der Waals surface area contributed by atoms with Crippen LogP contribution in [0, 0.1) is 6.92 Å². The zero-order valence-corrected chi connectivity index (χ0v) is 16.1. The predicted octanol–water partition coefficient (Wildman–Crippen LogP) is 5.40. The number of rotatable bonds is 6. The van der Waals surface area contributed by atoms with E-state index in [2.05, 4.69) is 15.2 Å². The third-order valence-corrected chi connectivity index (χ3v) is 4.60. The molecule has 0 saturated carbocycles. The molecule has 0 radical (unpaired) electrons. The molecule has 5 nitrogen and oxygen atoms in total. The molecule has 0 aliphatic carbocycles. The fourth-order valence-electron chi connectivity index (χ4n) is 2.54. The predicted molar refractivity (Wildman–Crippen MR) is 104 cm³/mol. The number of aryl methyl sites for hydroxylation is 1. The second-order valence-electron chi connectivity index (χ2n) is 5.94. The van der Waals surface area contributed by atoms with Gasteiger partial charge < -0.3 is 10.1 Å². The highest BCUT2D eigenvalue weighted by atomic mass is 35.5. The zero-order valence-electron chi connectivity index (χ0n) is 14.6. The van der Waals surface area contributed by atoms with Crippen LogP contribution in [0.1, 0.15) is 21.6 Å². The molecule has 1 amide bonds. The Morgan fingerprint density at radius 2 is 1.96 bits per heavy atom. The molecule has 1 aromatic heterocycles. The third-order valence-electron chi connectivity index (χ3n) is 3.86. The van der Waals surface area contributed by atoms with Crippen LogP contribution in [0.5, 0.6) is 5.75 Å². The fourth-order valence-corrected chi connectivity index (χ4v) is 2.86. The summed E-state index contributed by atoms with van der Waals surface area (Å²) in [7, 11) is 0. The molecule has 0 saturated heterocycles. The van der Waals surface area contributed by atoms with Gasteiger partial charge in [-0.15, -0.1) is 0 Å². The summed E-state index contributed by atoms with van der Waals surface area (Å²) < 4.78 is 30.7. The molecule has 0 spiro atoms. The van der Waals surface area contributed by atoms with Crippen molar-refractivity contribution in [2.24, 2.45) is 0 Å². The average molecular weight is 426 g/mol. The van der Waals surface area contributed by atoms with Gasteiger partial charge in [-0.25, -0.2) is 0 Å². The molecule has 0 bridgehead atoms. The monoisotopic (exact) mass is 425 g/mol. The Kier molecular flexibility index (Phi) is 6.16. The summed E-state index contributed by atoms with van der Waals surface area (Å²) in [6, 6.07) is 12.5. The number of hydrogen-bond donors (Lipinski definition) is 1.